The molecule has 1 N–H and O–H groups in total. The maximum absolute atomic E-state index is 14.1. The summed E-state index contributed by atoms with van der Waals surface area (Å²) in [6, 6.07) is 10.6. The molecule has 0 spiro atoms. The van der Waals surface area contributed by atoms with Crippen LogP contribution in [-0.2, 0) is 0 Å². The van der Waals surface area contributed by atoms with Crippen LogP contribution in [0.3, 0.4) is 0 Å². The van der Waals surface area contributed by atoms with Crippen LogP contribution in [0.25, 0.3) is 22.0 Å². The number of nitrogens with zero attached hydrogens (tertiary/aromatic N) is 2. The van der Waals surface area contributed by atoms with Gasteiger partial charge in [0.25, 0.3) is 0 Å². The van der Waals surface area contributed by atoms with Gasteiger partial charge in [-0.05, 0) is 53.3 Å². The lowest BCUT2D eigenvalue weighted by atomic mass is 9.95. The van der Waals surface area contributed by atoms with Crippen LogP contribution in [0, 0.1) is 27.8 Å². The van der Waals surface area contributed by atoms with Crippen molar-refractivity contribution in [3.05, 3.63) is 51.0 Å². The van der Waals surface area contributed by atoms with Crippen LogP contribution in [0.4, 0.5) is 4.39 Å². The Hall–Kier alpha value is -1.94. The summed E-state index contributed by atoms with van der Waals surface area (Å²) in [5.41, 5.74) is 3.02. The molecule has 1 heterocycles. The van der Waals surface area contributed by atoms with E-state index in [1.807, 2.05) is 19.1 Å². The minimum absolute atomic E-state index is 0.320. The molecule has 0 aliphatic carbocycles. The number of nitriles is 1. The predicted octanol–water partition coefficient (Wildman–Crippen LogP) is 4.15. The van der Waals surface area contributed by atoms with Crippen LogP contribution in [0.2, 0.25) is 0 Å². The number of hydrogen-bond donors (Lipinski definition) is 1. The highest BCUT2D eigenvalue weighted by Crippen LogP contribution is 2.33. The van der Waals surface area contributed by atoms with Gasteiger partial charge in [-0.3, -0.25) is 5.10 Å². The van der Waals surface area contributed by atoms with Gasteiger partial charge in [0.05, 0.1) is 17.1 Å². The van der Waals surface area contributed by atoms with E-state index in [-0.39, 0.29) is 5.82 Å². The van der Waals surface area contributed by atoms with Crippen molar-refractivity contribution >= 4 is 33.5 Å². The predicted molar refractivity (Wildman–Crippen MR) is 83.7 cm³/mol. The molecule has 0 radical (unpaired) electrons. The third-order valence-electron chi connectivity index (χ3n) is 3.26. The standard InChI is InChI=1S/C15H9FIN3/c1-8-3-2-4-12(16)14(8)10-6-11-13(5-9(10)7-18)19-20-15(11)17/h2-6H,1H3,(H,19,20). The van der Waals surface area contributed by atoms with E-state index in [9.17, 15) is 9.65 Å². The number of rotatable bonds is 1. The number of hydrogen-bond acceptors (Lipinski definition) is 2. The van der Waals surface area contributed by atoms with Gasteiger partial charge in [0.1, 0.15) is 9.52 Å². The lowest BCUT2D eigenvalue weighted by Gasteiger charge is -2.09. The lowest BCUT2D eigenvalue weighted by molar-refractivity contribution is 0.630. The molecule has 20 heavy (non-hydrogen) atoms. The molecule has 0 saturated carbocycles. The fraction of sp³-hybridized carbons (Fsp3) is 0.0667. The van der Waals surface area contributed by atoms with Crippen molar-refractivity contribution in [1.82, 2.24) is 10.2 Å². The molecule has 0 atom stereocenters. The highest BCUT2D eigenvalue weighted by atomic mass is 127. The molecule has 0 fully saturated rings. The van der Waals surface area contributed by atoms with Crippen LogP contribution in [0.5, 0.6) is 0 Å². The summed E-state index contributed by atoms with van der Waals surface area (Å²) in [7, 11) is 0. The number of nitrogens with one attached hydrogen (secondary N) is 1. The molecular weight excluding hydrogens is 368 g/mol. The van der Waals surface area contributed by atoms with Crippen molar-refractivity contribution in [3.63, 3.8) is 0 Å². The van der Waals surface area contributed by atoms with E-state index in [4.69, 9.17) is 0 Å². The lowest BCUT2D eigenvalue weighted by Crippen LogP contribution is -1.92. The van der Waals surface area contributed by atoms with E-state index in [1.165, 1.54) is 6.07 Å². The summed E-state index contributed by atoms with van der Waals surface area (Å²) in [5.74, 6) is -0.320. The maximum atomic E-state index is 14.1. The largest absolute Gasteiger partial charge is 0.271 e. The number of H-pyrrole nitrogens is 1. The second-order valence-corrected chi connectivity index (χ2v) is 5.57. The van der Waals surface area contributed by atoms with E-state index in [0.29, 0.717) is 22.2 Å². The summed E-state index contributed by atoms with van der Waals surface area (Å²) < 4.78 is 15.0. The Balaban J connectivity index is 2.40. The van der Waals surface area contributed by atoms with Gasteiger partial charge in [0.2, 0.25) is 0 Å². The number of fused-ring (bicyclic) bond motifs is 1. The SMILES string of the molecule is Cc1cccc(F)c1-c1cc2c(I)[nH]nc2cc1C#N. The molecule has 0 aliphatic heterocycles. The van der Waals surface area contributed by atoms with Gasteiger partial charge in [-0.1, -0.05) is 12.1 Å². The zero-order valence-electron chi connectivity index (χ0n) is 10.5. The molecular formula is C15H9FIN3. The van der Waals surface area contributed by atoms with Crippen LogP contribution < -0.4 is 0 Å². The summed E-state index contributed by atoms with van der Waals surface area (Å²) in [6.07, 6.45) is 0. The molecule has 5 heteroatoms. The molecule has 2 aromatic carbocycles. The summed E-state index contributed by atoms with van der Waals surface area (Å²) >= 11 is 2.14. The average molecular weight is 377 g/mol. The summed E-state index contributed by atoms with van der Waals surface area (Å²) in [4.78, 5) is 0. The highest BCUT2D eigenvalue weighted by molar-refractivity contribution is 14.1. The van der Waals surface area contributed by atoms with Gasteiger partial charge in [-0.2, -0.15) is 10.4 Å². The second-order valence-electron chi connectivity index (χ2n) is 4.50. The van der Waals surface area contributed by atoms with E-state index < -0.39 is 0 Å². The van der Waals surface area contributed by atoms with Crippen molar-refractivity contribution in [2.45, 2.75) is 6.92 Å². The Bertz CT molecular complexity index is 841. The summed E-state index contributed by atoms with van der Waals surface area (Å²) in [5, 5.41) is 17.2. The van der Waals surface area contributed by atoms with E-state index in [2.05, 4.69) is 38.9 Å². The van der Waals surface area contributed by atoms with Crippen molar-refractivity contribution in [2.75, 3.05) is 0 Å². The smallest absolute Gasteiger partial charge is 0.131 e. The molecule has 3 aromatic rings. The first-order valence-electron chi connectivity index (χ1n) is 5.95. The Morgan fingerprint density at radius 3 is 2.85 bits per heavy atom. The third-order valence-corrected chi connectivity index (χ3v) is 4.08. The number of aryl methyl sites for hydroxylation is 1. The zero-order valence-corrected chi connectivity index (χ0v) is 12.7. The second kappa shape index (κ2) is 4.87. The molecule has 0 aliphatic rings. The number of aromatic nitrogens is 2. The molecule has 1 aromatic heterocycles. The van der Waals surface area contributed by atoms with Crippen molar-refractivity contribution in [2.24, 2.45) is 0 Å². The molecule has 3 rings (SSSR count). The van der Waals surface area contributed by atoms with Crippen molar-refractivity contribution in [3.8, 4) is 17.2 Å². The number of aromatic amines is 1. The Labute approximate surface area is 128 Å². The van der Waals surface area contributed by atoms with E-state index in [0.717, 1.165) is 14.7 Å². The molecule has 3 nitrogen and oxygen atoms in total. The average Bonchev–Trinajstić information content (AvgIpc) is 2.79. The molecule has 0 bridgehead atoms. The van der Waals surface area contributed by atoms with Crippen LogP contribution in [0.1, 0.15) is 11.1 Å². The van der Waals surface area contributed by atoms with Crippen LogP contribution in [0.15, 0.2) is 30.3 Å². The zero-order chi connectivity index (χ0) is 14.3. The van der Waals surface area contributed by atoms with Gasteiger partial charge in [0, 0.05) is 16.5 Å². The molecule has 0 amide bonds. The van der Waals surface area contributed by atoms with Gasteiger partial charge in [0.15, 0.2) is 0 Å². The van der Waals surface area contributed by atoms with E-state index >= 15 is 0 Å². The van der Waals surface area contributed by atoms with Gasteiger partial charge >= 0.3 is 0 Å². The fourth-order valence-corrected chi connectivity index (χ4v) is 2.85. The maximum Gasteiger partial charge on any atom is 0.131 e. The topological polar surface area (TPSA) is 52.5 Å². The van der Waals surface area contributed by atoms with Crippen LogP contribution in [-0.4, -0.2) is 10.2 Å². The Morgan fingerprint density at radius 2 is 2.15 bits per heavy atom. The van der Waals surface area contributed by atoms with Gasteiger partial charge in [-0.15, -0.1) is 0 Å². The Kier molecular flexibility index (Phi) is 3.18. The monoisotopic (exact) mass is 377 g/mol. The number of benzene rings is 2. The first kappa shape index (κ1) is 13.1. The molecule has 0 saturated heterocycles. The minimum Gasteiger partial charge on any atom is -0.271 e. The first-order chi connectivity index (χ1) is 9.61. The summed E-state index contributed by atoms with van der Waals surface area (Å²) in [6.45, 7) is 1.84. The quantitative estimate of drug-likeness (QED) is 0.648. The van der Waals surface area contributed by atoms with Gasteiger partial charge < -0.3 is 0 Å². The normalized spacial score (nSPS) is 10.7. The molecule has 98 valence electrons. The van der Waals surface area contributed by atoms with Crippen LogP contribution >= 0.6 is 22.6 Å². The van der Waals surface area contributed by atoms with Gasteiger partial charge in [-0.25, -0.2) is 4.39 Å². The third kappa shape index (κ3) is 1.96. The highest BCUT2D eigenvalue weighted by Gasteiger charge is 2.15. The van der Waals surface area contributed by atoms with Crippen molar-refractivity contribution < 1.29 is 4.39 Å². The first-order valence-corrected chi connectivity index (χ1v) is 7.03. The van der Waals surface area contributed by atoms with E-state index in [1.54, 1.807) is 12.1 Å². The minimum atomic E-state index is -0.320. The molecule has 0 unspecified atom stereocenters. The fourth-order valence-electron chi connectivity index (χ4n) is 2.30. The number of halogens is 2. The van der Waals surface area contributed by atoms with Crippen molar-refractivity contribution in [1.29, 1.82) is 5.26 Å². The Morgan fingerprint density at radius 1 is 1.35 bits per heavy atom.